The second-order valence-corrected chi connectivity index (χ2v) is 25.4. The van der Waals surface area contributed by atoms with E-state index in [0.29, 0.717) is 38.5 Å². The van der Waals surface area contributed by atoms with Crippen LogP contribution in [0.15, 0.2) is 170 Å². The number of hydrogen-bond donors (Lipinski definition) is 7. The average molecular weight is 1430 g/mol. The predicted molar refractivity (Wildman–Crippen MR) is 400 cm³/mol. The number of hydrogen-bond acceptors (Lipinski definition) is 10. The Hall–Kier alpha value is -9.91. The summed E-state index contributed by atoms with van der Waals surface area (Å²) in [6.45, 7) is 8.68. The van der Waals surface area contributed by atoms with Crippen molar-refractivity contribution in [3.8, 4) is 17.2 Å². The summed E-state index contributed by atoms with van der Waals surface area (Å²) in [4.78, 5) is 72.1. The Morgan fingerprint density at radius 3 is 1.05 bits per heavy atom. The van der Waals surface area contributed by atoms with Crippen molar-refractivity contribution >= 4 is 41.8 Å². The molecule has 0 radical (unpaired) electrons. The molecule has 0 heterocycles. The maximum Gasteiger partial charge on any atom is 0.303 e. The van der Waals surface area contributed by atoms with Crippen LogP contribution in [0.2, 0.25) is 0 Å². The molecule has 0 aromatic heterocycles. The van der Waals surface area contributed by atoms with Crippen molar-refractivity contribution in [3.63, 3.8) is 0 Å². The van der Waals surface area contributed by atoms with Gasteiger partial charge in [0.15, 0.2) is 0 Å². The molecule has 7 aromatic rings. The van der Waals surface area contributed by atoms with Crippen molar-refractivity contribution in [2.45, 2.75) is 206 Å². The van der Waals surface area contributed by atoms with Gasteiger partial charge in [-0.1, -0.05) is 156 Å². The fraction of sp³-hybridized carbons (Fsp3) is 0.417. The van der Waals surface area contributed by atoms with Crippen LogP contribution < -0.4 is 14.2 Å². The van der Waals surface area contributed by atoms with Crippen LogP contribution in [0.5, 0.6) is 17.2 Å². The first-order valence-electron chi connectivity index (χ1n) is 35.2. The van der Waals surface area contributed by atoms with Gasteiger partial charge in [-0.3, -0.25) is 33.6 Å². The molecule has 0 aliphatic rings. The third-order valence-electron chi connectivity index (χ3n) is 15.7. The smallest absolute Gasteiger partial charge is 0.303 e. The number of unbranched alkanes of at least 4 members (excludes halogenated alkanes) is 6. The first-order valence-corrected chi connectivity index (χ1v) is 35.2. The van der Waals surface area contributed by atoms with E-state index in [1.54, 1.807) is 33.5 Å². The number of methoxy groups -OCH3 is 3. The van der Waals surface area contributed by atoms with E-state index in [9.17, 15) is 42.3 Å². The molecule has 562 valence electrons. The highest BCUT2D eigenvalue weighted by atomic mass is 19.1. The Morgan fingerprint density at radius 1 is 0.311 bits per heavy atom. The summed E-state index contributed by atoms with van der Waals surface area (Å²) in [5.41, 5.74) is 10.4. The van der Waals surface area contributed by atoms with E-state index in [1.807, 2.05) is 109 Å². The van der Waals surface area contributed by atoms with Crippen molar-refractivity contribution < 1.29 is 92.3 Å². The van der Waals surface area contributed by atoms with Crippen molar-refractivity contribution in [1.29, 1.82) is 0 Å². The van der Waals surface area contributed by atoms with E-state index in [1.165, 1.54) is 53.8 Å². The zero-order valence-electron chi connectivity index (χ0n) is 61.2. The lowest BCUT2D eigenvalue weighted by atomic mass is 9.86. The van der Waals surface area contributed by atoms with Gasteiger partial charge in [-0.2, -0.15) is 0 Å². The van der Waals surface area contributed by atoms with Gasteiger partial charge in [0.05, 0.1) is 21.3 Å². The van der Waals surface area contributed by atoms with E-state index < -0.39 is 41.8 Å². The highest BCUT2D eigenvalue weighted by Gasteiger charge is 2.13. The van der Waals surface area contributed by atoms with Gasteiger partial charge < -0.3 is 50.0 Å². The summed E-state index contributed by atoms with van der Waals surface area (Å²) in [7, 11) is 4.92. The summed E-state index contributed by atoms with van der Waals surface area (Å²) in [5, 5.41) is 59.3. The van der Waals surface area contributed by atoms with Crippen molar-refractivity contribution in [2.24, 2.45) is 0 Å². The standard InChI is InChI=1S/2C13H18O2.C12H15FO2.2C12H16O3.C11H13FO2.C11H14O3/c1-13(2,3)11-7-4-10(5-8-11)6-9-12(14)15;1-2-3-4-11-5-7-12(8-6-11)9-10-13(14)15;13-11-7-4-6-10(9-11)5-2-1-3-8-12(14)15;1-15-11-8-4-2-6-10(11)7-3-5-9-12(13)14;1-15-11-7-4-6-10(9-11)5-2-3-8-12(13)14;12-10-6-3-5-9(8-10)4-1-2-7-11(13)14;1-14-10-7-5-9(6-8-10)3-2-4-11(12)13/h4-5,7-8H,6,9H2,1-3H3,(H,14,15);5-8H,2-4,9-10H2,1H3,(H,14,15);4,6-7,9H,1-3,5,8H2,(H,14,15);2,4,6,8H,3,5,7,9H2,1H3,(H,13,14);4,6-7,9H,2-3,5,8H2,1H3,(H,13,14);3,5-6,8H,1-2,4,7H2,(H,13,14);5-8H,2-4H2,1H3,(H,12,13). The second kappa shape index (κ2) is 55.7. The number of benzene rings is 7. The normalized spacial score (nSPS) is 10.2. The van der Waals surface area contributed by atoms with Gasteiger partial charge in [0.25, 0.3) is 0 Å². The van der Waals surface area contributed by atoms with Crippen LogP contribution in [0.3, 0.4) is 0 Å². The third-order valence-corrected chi connectivity index (χ3v) is 15.7. The molecule has 0 bridgehead atoms. The van der Waals surface area contributed by atoms with Gasteiger partial charge in [0.2, 0.25) is 0 Å². The Labute approximate surface area is 607 Å². The highest BCUT2D eigenvalue weighted by Crippen LogP contribution is 2.24. The van der Waals surface area contributed by atoms with Crippen LogP contribution in [-0.2, 0) is 90.3 Å². The molecule has 7 rings (SSSR count). The van der Waals surface area contributed by atoms with E-state index in [2.05, 4.69) is 52.0 Å². The Bertz CT molecular complexity index is 3490. The minimum absolute atomic E-state index is 0.158. The minimum atomic E-state index is -0.774. The Kier molecular flexibility index (Phi) is 49.3. The molecule has 0 spiro atoms. The maximum atomic E-state index is 12.8. The van der Waals surface area contributed by atoms with E-state index in [4.69, 9.17) is 50.0 Å². The zero-order valence-corrected chi connectivity index (χ0v) is 61.2. The van der Waals surface area contributed by atoms with Gasteiger partial charge in [-0.05, 0) is 226 Å². The molecule has 103 heavy (non-hydrogen) atoms. The number of carboxylic acids is 7. The van der Waals surface area contributed by atoms with Gasteiger partial charge in [-0.25, -0.2) is 8.78 Å². The van der Waals surface area contributed by atoms with Crippen molar-refractivity contribution in [3.05, 3.63) is 232 Å². The summed E-state index contributed by atoms with van der Waals surface area (Å²) in [6.07, 6.45) is 18.3. The molecule has 0 saturated carbocycles. The molecule has 0 unspecified atom stereocenters. The summed E-state index contributed by atoms with van der Waals surface area (Å²) < 4.78 is 40.8. The van der Waals surface area contributed by atoms with Crippen molar-refractivity contribution in [1.82, 2.24) is 0 Å². The number of rotatable bonds is 37. The predicted octanol–water partition coefficient (Wildman–Crippen LogP) is 18.8. The SMILES string of the molecule is CC(C)(C)c1ccc(CCC(=O)O)cc1.CCCCc1ccc(CCC(=O)O)cc1.COc1ccc(CCCC(=O)O)cc1.COc1cccc(CCCCC(=O)O)c1.COc1ccccc1CCCCC(=O)O.O=C(O)CCCCCc1cccc(F)c1.O=C(O)CCCCc1cccc(F)c1. The summed E-state index contributed by atoms with van der Waals surface area (Å²) >= 11 is 0. The molecule has 0 fully saturated rings. The summed E-state index contributed by atoms with van der Waals surface area (Å²) in [6, 6.07) is 52.8. The number of aliphatic carboxylic acids is 7. The van der Waals surface area contributed by atoms with E-state index >= 15 is 0 Å². The number of aryl methyl sites for hydroxylation is 8. The molecule has 0 saturated heterocycles. The number of halogens is 2. The lowest BCUT2D eigenvalue weighted by Gasteiger charge is -2.19. The fourth-order valence-electron chi connectivity index (χ4n) is 9.87. The molecule has 0 aliphatic carbocycles. The third kappa shape index (κ3) is 50.1. The van der Waals surface area contributed by atoms with Crippen LogP contribution >= 0.6 is 0 Å². The minimum Gasteiger partial charge on any atom is -0.497 e. The van der Waals surface area contributed by atoms with Gasteiger partial charge in [0.1, 0.15) is 28.9 Å². The first kappa shape index (κ1) is 91.1. The van der Waals surface area contributed by atoms with Crippen LogP contribution in [-0.4, -0.2) is 98.9 Å². The molecule has 7 aromatic carbocycles. The van der Waals surface area contributed by atoms with Gasteiger partial charge >= 0.3 is 41.8 Å². The fourth-order valence-corrected chi connectivity index (χ4v) is 9.87. The number of carbonyl (C=O) groups is 7. The van der Waals surface area contributed by atoms with Crippen LogP contribution in [0.4, 0.5) is 8.78 Å². The molecule has 0 amide bonds. The Morgan fingerprint density at radius 2 is 0.650 bits per heavy atom. The topological polar surface area (TPSA) is 289 Å². The molecule has 0 atom stereocenters. The second-order valence-electron chi connectivity index (χ2n) is 25.4. The lowest BCUT2D eigenvalue weighted by Crippen LogP contribution is -2.10. The molecule has 19 heteroatoms. The van der Waals surface area contributed by atoms with Gasteiger partial charge in [-0.15, -0.1) is 0 Å². The summed E-state index contributed by atoms with van der Waals surface area (Å²) in [5.74, 6) is -3.07. The van der Waals surface area contributed by atoms with Crippen LogP contribution in [0.25, 0.3) is 0 Å². The monoisotopic (exact) mass is 1430 g/mol. The number of para-hydroxylation sites is 1. The zero-order chi connectivity index (χ0) is 76.6. The maximum absolute atomic E-state index is 12.8. The van der Waals surface area contributed by atoms with E-state index in [0.717, 1.165) is 128 Å². The first-order chi connectivity index (χ1) is 49.2. The number of ether oxygens (including phenoxy) is 3. The molecular formula is C84H110F2O17. The largest absolute Gasteiger partial charge is 0.497 e. The average Bonchev–Trinajstić information content (AvgIpc) is 0.861. The quantitative estimate of drug-likeness (QED) is 0.0178. The molecule has 17 nitrogen and oxygen atoms in total. The van der Waals surface area contributed by atoms with Gasteiger partial charge in [0, 0.05) is 44.9 Å². The van der Waals surface area contributed by atoms with Crippen LogP contribution in [0.1, 0.15) is 200 Å². The van der Waals surface area contributed by atoms with E-state index in [-0.39, 0.29) is 62.0 Å². The molecule has 0 aliphatic heterocycles. The van der Waals surface area contributed by atoms with Crippen molar-refractivity contribution in [2.75, 3.05) is 21.3 Å². The lowest BCUT2D eigenvalue weighted by molar-refractivity contribution is -0.138. The number of carboxylic acid groups (broad SMARTS) is 7. The Balaban J connectivity index is 0.000000601. The molecular weight excluding hydrogens is 1320 g/mol. The molecule has 7 N–H and O–H groups in total. The highest BCUT2D eigenvalue weighted by molar-refractivity contribution is 5.69. The van der Waals surface area contributed by atoms with Crippen LogP contribution in [0, 0.1) is 11.6 Å².